The van der Waals surface area contributed by atoms with Gasteiger partial charge in [0.25, 0.3) is 0 Å². The van der Waals surface area contributed by atoms with Gasteiger partial charge in [0.1, 0.15) is 11.2 Å². The summed E-state index contributed by atoms with van der Waals surface area (Å²) in [5.41, 5.74) is 9.28. The van der Waals surface area contributed by atoms with Gasteiger partial charge in [-0.15, -0.1) is 0 Å². The van der Waals surface area contributed by atoms with E-state index in [2.05, 4.69) is 103 Å². The molecule has 3 aromatic heterocycles. The van der Waals surface area contributed by atoms with E-state index in [-0.39, 0.29) is 0 Å². The molecule has 0 aliphatic heterocycles. The molecule has 0 atom stereocenters. The first-order chi connectivity index (χ1) is 18.6. The molecule has 0 N–H and O–H groups in total. The third kappa shape index (κ3) is 3.04. The van der Waals surface area contributed by atoms with E-state index in [4.69, 9.17) is 14.4 Å². The molecule has 4 heteroatoms. The Balaban J connectivity index is 1.53. The van der Waals surface area contributed by atoms with E-state index in [0.717, 1.165) is 65.9 Å². The summed E-state index contributed by atoms with van der Waals surface area (Å²) in [7, 11) is 0. The average Bonchev–Trinajstić information content (AvgIpc) is 3.45. The number of aromatic nitrogens is 3. The lowest BCUT2D eigenvalue weighted by Gasteiger charge is -2.11. The van der Waals surface area contributed by atoms with Crippen molar-refractivity contribution in [2.24, 2.45) is 0 Å². The van der Waals surface area contributed by atoms with Crippen LogP contribution in [0.4, 0.5) is 0 Å². The van der Waals surface area contributed by atoms with Crippen LogP contribution in [-0.4, -0.2) is 14.5 Å². The SMILES string of the molecule is Cc1ccc2oc3cc4c5cc(C)ccc5n(-c5nc(-c6ccccc6)c6ccccc6n5)c4cc3c2c1. The van der Waals surface area contributed by atoms with E-state index < -0.39 is 0 Å². The fourth-order valence-electron chi connectivity index (χ4n) is 5.71. The fourth-order valence-corrected chi connectivity index (χ4v) is 5.71. The number of furan rings is 1. The molecule has 0 radical (unpaired) electrons. The van der Waals surface area contributed by atoms with Gasteiger partial charge in [-0.25, -0.2) is 9.97 Å². The van der Waals surface area contributed by atoms with Crippen LogP contribution in [0.3, 0.4) is 0 Å². The molecule has 0 unspecified atom stereocenters. The summed E-state index contributed by atoms with van der Waals surface area (Å²) in [6, 6.07) is 35.9. The Morgan fingerprint density at radius 3 is 2.13 bits per heavy atom. The smallest absolute Gasteiger partial charge is 0.235 e. The van der Waals surface area contributed by atoms with Crippen molar-refractivity contribution in [3.05, 3.63) is 114 Å². The monoisotopic (exact) mass is 489 g/mol. The summed E-state index contributed by atoms with van der Waals surface area (Å²) >= 11 is 0. The molecule has 0 aliphatic rings. The van der Waals surface area contributed by atoms with E-state index >= 15 is 0 Å². The predicted octanol–water partition coefficient (Wildman–Crippen LogP) is 8.91. The standard InChI is InChI=1S/C34H23N3O/c1-20-12-14-29-24(16-20)25-19-32-27(26-17-21(2)13-15-31(26)38-32)18-30(25)37(29)34-35-28-11-7-6-10-23(28)33(36-34)22-8-4-3-5-9-22/h3-19H,1-2H3. The van der Waals surface area contributed by atoms with Gasteiger partial charge in [-0.3, -0.25) is 4.57 Å². The molecule has 3 heterocycles. The first kappa shape index (κ1) is 21.2. The van der Waals surface area contributed by atoms with Crippen LogP contribution in [0.25, 0.3) is 71.9 Å². The Morgan fingerprint density at radius 1 is 0.553 bits per heavy atom. The maximum absolute atomic E-state index is 6.30. The predicted molar refractivity (Wildman–Crippen MR) is 156 cm³/mol. The lowest BCUT2D eigenvalue weighted by atomic mass is 10.1. The first-order valence-corrected chi connectivity index (χ1v) is 12.8. The van der Waals surface area contributed by atoms with Gasteiger partial charge in [0, 0.05) is 32.5 Å². The highest BCUT2D eigenvalue weighted by Crippen LogP contribution is 2.39. The Morgan fingerprint density at radius 2 is 1.26 bits per heavy atom. The number of benzene rings is 5. The van der Waals surface area contributed by atoms with Crippen LogP contribution in [0.5, 0.6) is 0 Å². The summed E-state index contributed by atoms with van der Waals surface area (Å²) in [6.07, 6.45) is 0. The van der Waals surface area contributed by atoms with E-state index in [1.807, 2.05) is 18.2 Å². The number of nitrogens with zero attached hydrogens (tertiary/aromatic N) is 3. The molecule has 0 saturated carbocycles. The molecule has 8 rings (SSSR count). The molecule has 0 saturated heterocycles. The molecule has 0 fully saturated rings. The second-order valence-electron chi connectivity index (χ2n) is 10.1. The van der Waals surface area contributed by atoms with Crippen molar-refractivity contribution in [1.29, 1.82) is 0 Å². The van der Waals surface area contributed by atoms with Crippen LogP contribution in [0.2, 0.25) is 0 Å². The largest absolute Gasteiger partial charge is 0.456 e. The summed E-state index contributed by atoms with van der Waals surface area (Å²) in [4.78, 5) is 10.3. The second kappa shape index (κ2) is 7.77. The van der Waals surface area contributed by atoms with Crippen molar-refractivity contribution in [2.45, 2.75) is 13.8 Å². The van der Waals surface area contributed by atoms with Crippen LogP contribution in [0.15, 0.2) is 108 Å². The van der Waals surface area contributed by atoms with Crippen LogP contribution >= 0.6 is 0 Å². The van der Waals surface area contributed by atoms with Gasteiger partial charge in [-0.1, -0.05) is 71.8 Å². The Bertz CT molecular complexity index is 2200. The number of hydrogen-bond acceptors (Lipinski definition) is 3. The minimum Gasteiger partial charge on any atom is -0.456 e. The lowest BCUT2D eigenvalue weighted by Crippen LogP contribution is -2.03. The second-order valence-corrected chi connectivity index (χ2v) is 10.1. The highest BCUT2D eigenvalue weighted by atomic mass is 16.3. The zero-order valence-corrected chi connectivity index (χ0v) is 21.1. The van der Waals surface area contributed by atoms with Crippen LogP contribution in [0, 0.1) is 13.8 Å². The number of aryl methyl sites for hydroxylation is 2. The van der Waals surface area contributed by atoms with Gasteiger partial charge in [0.2, 0.25) is 5.95 Å². The molecule has 0 spiro atoms. The first-order valence-electron chi connectivity index (χ1n) is 12.8. The minimum atomic E-state index is 0.662. The third-order valence-corrected chi connectivity index (χ3v) is 7.51. The van der Waals surface area contributed by atoms with Crippen LogP contribution in [0.1, 0.15) is 11.1 Å². The molecule has 0 aliphatic carbocycles. The zero-order chi connectivity index (χ0) is 25.4. The molecule has 8 aromatic rings. The molecular weight excluding hydrogens is 466 g/mol. The summed E-state index contributed by atoms with van der Waals surface area (Å²) in [5, 5.41) is 5.56. The maximum atomic E-state index is 6.30. The molecule has 5 aromatic carbocycles. The number of para-hydroxylation sites is 1. The van der Waals surface area contributed by atoms with E-state index in [1.165, 1.54) is 11.1 Å². The quantitative estimate of drug-likeness (QED) is 0.243. The van der Waals surface area contributed by atoms with Gasteiger partial charge < -0.3 is 4.42 Å². The maximum Gasteiger partial charge on any atom is 0.235 e. The van der Waals surface area contributed by atoms with Gasteiger partial charge in [0.05, 0.1) is 22.2 Å². The topological polar surface area (TPSA) is 43.9 Å². The van der Waals surface area contributed by atoms with Gasteiger partial charge in [-0.05, 0) is 56.3 Å². The van der Waals surface area contributed by atoms with Crippen molar-refractivity contribution < 1.29 is 4.42 Å². The number of fused-ring (bicyclic) bond motifs is 7. The van der Waals surface area contributed by atoms with Gasteiger partial charge >= 0.3 is 0 Å². The average molecular weight is 490 g/mol. The lowest BCUT2D eigenvalue weighted by molar-refractivity contribution is 0.669. The van der Waals surface area contributed by atoms with Crippen molar-refractivity contribution in [1.82, 2.24) is 14.5 Å². The van der Waals surface area contributed by atoms with Crippen molar-refractivity contribution in [3.8, 4) is 17.2 Å². The van der Waals surface area contributed by atoms with E-state index in [0.29, 0.717) is 5.95 Å². The minimum absolute atomic E-state index is 0.662. The normalized spacial score (nSPS) is 11.9. The van der Waals surface area contributed by atoms with Crippen molar-refractivity contribution in [3.63, 3.8) is 0 Å². The highest BCUT2D eigenvalue weighted by Gasteiger charge is 2.19. The van der Waals surface area contributed by atoms with Crippen LogP contribution < -0.4 is 0 Å². The van der Waals surface area contributed by atoms with Crippen molar-refractivity contribution in [2.75, 3.05) is 0 Å². The molecule has 0 amide bonds. The van der Waals surface area contributed by atoms with Crippen molar-refractivity contribution >= 4 is 54.6 Å². The summed E-state index contributed by atoms with van der Waals surface area (Å²) < 4.78 is 8.51. The molecule has 180 valence electrons. The summed E-state index contributed by atoms with van der Waals surface area (Å²) in [6.45, 7) is 4.25. The highest BCUT2D eigenvalue weighted by molar-refractivity contribution is 6.17. The third-order valence-electron chi connectivity index (χ3n) is 7.51. The number of rotatable bonds is 2. The fraction of sp³-hybridized carbons (Fsp3) is 0.0588. The van der Waals surface area contributed by atoms with E-state index in [9.17, 15) is 0 Å². The van der Waals surface area contributed by atoms with Gasteiger partial charge in [-0.2, -0.15) is 0 Å². The summed E-state index contributed by atoms with van der Waals surface area (Å²) in [5.74, 6) is 0.662. The zero-order valence-electron chi connectivity index (χ0n) is 21.1. The Labute approximate surface area is 218 Å². The van der Waals surface area contributed by atoms with Crippen LogP contribution in [-0.2, 0) is 0 Å². The number of hydrogen-bond donors (Lipinski definition) is 0. The molecular formula is C34H23N3O. The molecule has 4 nitrogen and oxygen atoms in total. The Hall–Kier alpha value is -4.96. The molecule has 38 heavy (non-hydrogen) atoms. The Kier molecular flexibility index (Phi) is 4.32. The molecule has 0 bridgehead atoms. The van der Waals surface area contributed by atoms with E-state index in [1.54, 1.807) is 0 Å². The van der Waals surface area contributed by atoms with Gasteiger partial charge in [0.15, 0.2) is 0 Å².